The summed E-state index contributed by atoms with van der Waals surface area (Å²) < 4.78 is 78.7. The van der Waals surface area contributed by atoms with Crippen molar-refractivity contribution in [2.75, 3.05) is 20.7 Å². The van der Waals surface area contributed by atoms with Gasteiger partial charge < -0.3 is 15.4 Å². The van der Waals surface area contributed by atoms with E-state index in [4.69, 9.17) is 5.73 Å². The van der Waals surface area contributed by atoms with Gasteiger partial charge in [0.05, 0.1) is 23.8 Å². The second kappa shape index (κ2) is 9.38. The summed E-state index contributed by atoms with van der Waals surface area (Å²) in [5.41, 5.74) is 4.07. The van der Waals surface area contributed by atoms with Crippen LogP contribution in [0.25, 0.3) is 0 Å². The maximum absolute atomic E-state index is 12.4. The zero-order valence-electron chi connectivity index (χ0n) is 16.3. The Labute approximate surface area is 170 Å². The molecule has 0 radical (unpaired) electrons. The molecule has 0 bridgehead atoms. The summed E-state index contributed by atoms with van der Waals surface area (Å²) in [5, 5.41) is 0. The number of aliphatic imine (C=N–C) groups is 1. The van der Waals surface area contributed by atoms with Crippen LogP contribution in [0.15, 0.2) is 53.5 Å². The molecule has 0 spiro atoms. The van der Waals surface area contributed by atoms with Gasteiger partial charge in [-0.25, -0.2) is 4.99 Å². The lowest BCUT2D eigenvalue weighted by atomic mass is 10.1. The molecule has 4 nitrogen and oxygen atoms in total. The van der Waals surface area contributed by atoms with E-state index < -0.39 is 23.5 Å². The van der Waals surface area contributed by atoms with E-state index in [1.165, 1.54) is 12.7 Å². The average Bonchev–Trinajstić information content (AvgIpc) is 3.00. The number of likely N-dealkylation sites (N-methyl/N-ethyl adjacent to an activating group) is 1. The van der Waals surface area contributed by atoms with Crippen LogP contribution < -0.4 is 5.73 Å². The third-order valence-electron chi connectivity index (χ3n) is 4.27. The largest absolute Gasteiger partial charge is 0.416 e. The van der Waals surface area contributed by atoms with Crippen molar-refractivity contribution in [1.29, 1.82) is 0 Å². The molecule has 3 rings (SSSR count). The fourth-order valence-electron chi connectivity index (χ4n) is 2.78. The number of alkyl halides is 6. The van der Waals surface area contributed by atoms with Gasteiger partial charge in [0.2, 0.25) is 0 Å². The Hall–Kier alpha value is -2.75. The Morgan fingerprint density at radius 2 is 1.53 bits per heavy atom. The van der Waals surface area contributed by atoms with Crippen molar-refractivity contribution in [3.63, 3.8) is 0 Å². The van der Waals surface area contributed by atoms with Crippen molar-refractivity contribution in [1.82, 2.24) is 4.90 Å². The molecule has 1 heterocycles. The van der Waals surface area contributed by atoms with Crippen molar-refractivity contribution in [3.05, 3.63) is 70.8 Å². The predicted octanol–water partition coefficient (Wildman–Crippen LogP) is 4.86. The quantitative estimate of drug-likeness (QED) is 0.704. The smallest absolute Gasteiger partial charge is 0.380 e. The summed E-state index contributed by atoms with van der Waals surface area (Å²) in [4.78, 5) is 6.33. The van der Waals surface area contributed by atoms with Gasteiger partial charge >= 0.3 is 12.4 Å². The van der Waals surface area contributed by atoms with Crippen molar-refractivity contribution >= 4 is 5.96 Å². The first kappa shape index (κ1) is 23.5. The van der Waals surface area contributed by atoms with Crippen LogP contribution in [-0.4, -0.2) is 31.6 Å². The minimum absolute atomic E-state index is 0.0825. The van der Waals surface area contributed by atoms with Gasteiger partial charge in [-0.2, -0.15) is 26.3 Å². The predicted molar refractivity (Wildman–Crippen MR) is 101 cm³/mol. The summed E-state index contributed by atoms with van der Waals surface area (Å²) in [6.07, 6.45) is -9.63. The van der Waals surface area contributed by atoms with Crippen LogP contribution in [0.4, 0.5) is 26.3 Å². The minimum atomic E-state index is -4.82. The highest BCUT2D eigenvalue weighted by Gasteiger charge is 2.36. The maximum Gasteiger partial charge on any atom is 0.416 e. The molecule has 1 atom stereocenters. The van der Waals surface area contributed by atoms with Gasteiger partial charge in [0, 0.05) is 20.7 Å². The first-order valence-corrected chi connectivity index (χ1v) is 8.78. The molecular weight excluding hydrogens is 412 g/mol. The van der Waals surface area contributed by atoms with Crippen LogP contribution in [0.5, 0.6) is 0 Å². The number of guanidine groups is 1. The van der Waals surface area contributed by atoms with Gasteiger partial charge in [-0.3, -0.25) is 0 Å². The molecule has 0 fully saturated rings. The van der Waals surface area contributed by atoms with Gasteiger partial charge in [0.1, 0.15) is 0 Å². The van der Waals surface area contributed by atoms with Gasteiger partial charge in [-0.05, 0) is 29.3 Å². The van der Waals surface area contributed by atoms with E-state index in [9.17, 15) is 26.3 Å². The van der Waals surface area contributed by atoms with Crippen molar-refractivity contribution in [3.8, 4) is 0 Å². The number of nitrogens with two attached hydrogens (primary N) is 1. The zero-order chi connectivity index (χ0) is 22.5. The number of hydrogen-bond acceptors (Lipinski definition) is 4. The molecule has 164 valence electrons. The fourth-order valence-corrected chi connectivity index (χ4v) is 2.78. The highest BCUT2D eigenvalue weighted by molar-refractivity contribution is 5.79. The molecule has 0 aliphatic carbocycles. The first-order chi connectivity index (χ1) is 13.9. The lowest BCUT2D eigenvalue weighted by molar-refractivity contribution is -0.143. The molecular formula is C20H21F6N3O. The second-order valence-electron chi connectivity index (χ2n) is 6.64. The number of hydrogen-bond donors (Lipinski definition) is 1. The molecule has 10 heteroatoms. The van der Waals surface area contributed by atoms with E-state index in [2.05, 4.69) is 21.9 Å². The third kappa shape index (κ3) is 6.38. The Kier molecular flexibility index (Phi) is 7.35. The molecule has 0 saturated heterocycles. The zero-order valence-corrected chi connectivity index (χ0v) is 16.3. The number of ether oxygens (including phenoxy) is 1. The van der Waals surface area contributed by atoms with Gasteiger partial charge in [-0.1, -0.05) is 30.3 Å². The normalized spacial score (nSPS) is 16.7. The molecule has 2 aromatic rings. The van der Waals surface area contributed by atoms with Crippen LogP contribution in [0.2, 0.25) is 0 Å². The molecule has 2 N–H and O–H groups in total. The van der Waals surface area contributed by atoms with Crippen LogP contribution in [0.3, 0.4) is 0 Å². The molecule has 0 saturated carbocycles. The summed E-state index contributed by atoms with van der Waals surface area (Å²) in [7, 11) is 3.15. The number of halogens is 6. The Morgan fingerprint density at radius 3 is 1.93 bits per heavy atom. The minimum Gasteiger partial charge on any atom is -0.380 e. The number of benzene rings is 2. The molecule has 0 aromatic heterocycles. The van der Waals surface area contributed by atoms with E-state index in [0.717, 1.165) is 6.54 Å². The number of methoxy groups -OCH3 is 1. The third-order valence-corrected chi connectivity index (χ3v) is 4.27. The SMILES string of the molecule is CN1C[C@@H](c2ccccc2)N=C1N.COCc1cc(C(F)(F)F)cc(C(F)(F)F)c1. The van der Waals surface area contributed by atoms with Crippen LogP contribution in [0.1, 0.15) is 28.3 Å². The van der Waals surface area contributed by atoms with Gasteiger partial charge in [-0.15, -0.1) is 0 Å². The maximum atomic E-state index is 12.4. The number of rotatable bonds is 3. The van der Waals surface area contributed by atoms with E-state index in [0.29, 0.717) is 18.1 Å². The first-order valence-electron chi connectivity index (χ1n) is 8.78. The average molecular weight is 433 g/mol. The summed E-state index contributed by atoms with van der Waals surface area (Å²) in [5.74, 6) is 0.633. The van der Waals surface area contributed by atoms with E-state index in [1.54, 1.807) is 0 Å². The second-order valence-corrected chi connectivity index (χ2v) is 6.64. The molecule has 30 heavy (non-hydrogen) atoms. The standard InChI is InChI=1S/C10H8F6O.C10H13N3/c1-17-5-6-2-7(9(11,12)13)4-8(3-6)10(14,15)16;1-13-7-9(12-10(13)11)8-5-3-2-4-6-8/h2-4H,5H2,1H3;2-6,9H,7H2,1H3,(H2,11,12)/t;9-/m.0/s1. The van der Waals surface area contributed by atoms with Crippen LogP contribution >= 0.6 is 0 Å². The summed E-state index contributed by atoms with van der Waals surface area (Å²) in [6.45, 7) is 0.572. The van der Waals surface area contributed by atoms with Crippen molar-refractivity contribution in [2.24, 2.45) is 10.7 Å². The highest BCUT2D eigenvalue weighted by atomic mass is 19.4. The Bertz CT molecular complexity index is 833. The molecule has 2 aromatic carbocycles. The monoisotopic (exact) mass is 433 g/mol. The number of nitrogens with zero attached hydrogens (tertiary/aromatic N) is 2. The Balaban J connectivity index is 0.000000220. The summed E-state index contributed by atoms with van der Waals surface area (Å²) >= 11 is 0. The van der Waals surface area contributed by atoms with E-state index in [1.807, 2.05) is 30.1 Å². The molecule has 1 aliphatic rings. The van der Waals surface area contributed by atoms with Crippen molar-refractivity contribution < 1.29 is 31.1 Å². The highest BCUT2D eigenvalue weighted by Crippen LogP contribution is 2.36. The lowest BCUT2D eigenvalue weighted by Crippen LogP contribution is -2.29. The van der Waals surface area contributed by atoms with E-state index in [-0.39, 0.29) is 24.3 Å². The van der Waals surface area contributed by atoms with Crippen molar-refractivity contribution in [2.45, 2.75) is 25.0 Å². The Morgan fingerprint density at radius 1 is 1.00 bits per heavy atom. The van der Waals surface area contributed by atoms with Crippen LogP contribution in [0, 0.1) is 0 Å². The summed E-state index contributed by atoms with van der Waals surface area (Å²) in [6, 6.07) is 11.8. The lowest BCUT2D eigenvalue weighted by Gasteiger charge is -2.13. The molecule has 1 aliphatic heterocycles. The van der Waals surface area contributed by atoms with Gasteiger partial charge in [0.15, 0.2) is 5.96 Å². The molecule has 0 amide bonds. The van der Waals surface area contributed by atoms with Crippen LogP contribution in [-0.2, 0) is 23.7 Å². The van der Waals surface area contributed by atoms with E-state index >= 15 is 0 Å². The van der Waals surface area contributed by atoms with Gasteiger partial charge in [0.25, 0.3) is 0 Å². The fraction of sp³-hybridized carbons (Fsp3) is 0.350. The molecule has 0 unspecified atom stereocenters. The topological polar surface area (TPSA) is 50.8 Å².